The molecule has 1 aliphatic rings. The maximum Gasteiger partial charge on any atom is 0.262 e. The number of anilines is 2. The zero-order valence-corrected chi connectivity index (χ0v) is 17.4. The molecule has 1 fully saturated rings. The number of rotatable bonds is 6. The Bertz CT molecular complexity index is 1010. The Labute approximate surface area is 176 Å². The van der Waals surface area contributed by atoms with Crippen molar-refractivity contribution >= 4 is 17.4 Å². The molecule has 1 amide bonds. The molecule has 2 heterocycles. The van der Waals surface area contributed by atoms with Gasteiger partial charge in [0.25, 0.3) is 5.91 Å². The highest BCUT2D eigenvalue weighted by Crippen LogP contribution is 2.23. The lowest BCUT2D eigenvalue weighted by molar-refractivity contribution is -0.118. The Morgan fingerprint density at radius 2 is 1.77 bits per heavy atom. The summed E-state index contributed by atoms with van der Waals surface area (Å²) in [7, 11) is 0. The van der Waals surface area contributed by atoms with Gasteiger partial charge in [-0.05, 0) is 68.1 Å². The van der Waals surface area contributed by atoms with Gasteiger partial charge in [0.05, 0.1) is 5.69 Å². The normalized spacial score (nSPS) is 13.3. The number of hydrogen-bond donors (Lipinski definition) is 1. The molecule has 0 radical (unpaired) electrons. The summed E-state index contributed by atoms with van der Waals surface area (Å²) >= 11 is 0. The molecule has 1 aliphatic heterocycles. The van der Waals surface area contributed by atoms with Crippen molar-refractivity contribution in [3.63, 3.8) is 0 Å². The predicted octanol–water partition coefficient (Wildman–Crippen LogP) is 4.38. The average molecular weight is 402 g/mol. The van der Waals surface area contributed by atoms with E-state index in [0.29, 0.717) is 0 Å². The number of benzene rings is 2. The first-order chi connectivity index (χ1) is 14.6. The van der Waals surface area contributed by atoms with Crippen molar-refractivity contribution in [3.8, 4) is 17.0 Å². The first kappa shape index (κ1) is 19.9. The first-order valence-electron chi connectivity index (χ1n) is 10.3. The highest BCUT2D eigenvalue weighted by Gasteiger charge is 2.14. The second-order valence-electron chi connectivity index (χ2n) is 7.58. The molecule has 0 atom stereocenters. The van der Waals surface area contributed by atoms with Gasteiger partial charge in [0.15, 0.2) is 12.4 Å². The van der Waals surface area contributed by atoms with Gasteiger partial charge in [-0.15, -0.1) is 10.2 Å². The molecule has 6 heteroatoms. The topological polar surface area (TPSA) is 67.3 Å². The zero-order valence-electron chi connectivity index (χ0n) is 17.4. The molecule has 30 heavy (non-hydrogen) atoms. The predicted molar refractivity (Wildman–Crippen MR) is 119 cm³/mol. The number of nitrogens with zero attached hydrogens (tertiary/aromatic N) is 3. The van der Waals surface area contributed by atoms with Crippen molar-refractivity contribution in [1.82, 2.24) is 10.2 Å². The molecule has 1 N–H and O–H groups in total. The minimum Gasteiger partial charge on any atom is -0.483 e. The van der Waals surface area contributed by atoms with Crippen LogP contribution >= 0.6 is 0 Å². The van der Waals surface area contributed by atoms with Crippen molar-refractivity contribution in [2.75, 3.05) is 29.9 Å². The number of carbonyl (C=O) groups is 1. The van der Waals surface area contributed by atoms with Gasteiger partial charge in [0, 0.05) is 24.3 Å². The van der Waals surface area contributed by atoms with Crippen LogP contribution in [0.4, 0.5) is 11.5 Å². The van der Waals surface area contributed by atoms with Crippen LogP contribution in [0.5, 0.6) is 5.75 Å². The lowest BCUT2D eigenvalue weighted by atomic mass is 10.1. The van der Waals surface area contributed by atoms with Gasteiger partial charge in [0.1, 0.15) is 5.75 Å². The molecular formula is C24H26N4O2. The lowest BCUT2D eigenvalue weighted by Gasteiger charge is -2.15. The smallest absolute Gasteiger partial charge is 0.262 e. The zero-order chi connectivity index (χ0) is 20.9. The van der Waals surface area contributed by atoms with E-state index in [2.05, 4.69) is 20.4 Å². The number of carbonyl (C=O) groups excluding carboxylic acids is 1. The Kier molecular flexibility index (Phi) is 5.93. The molecule has 4 rings (SSSR count). The van der Waals surface area contributed by atoms with Crippen LogP contribution in [0.25, 0.3) is 11.3 Å². The molecule has 0 aliphatic carbocycles. The van der Waals surface area contributed by atoms with Crippen LogP contribution in [0, 0.1) is 13.8 Å². The third kappa shape index (κ3) is 4.59. The SMILES string of the molecule is Cc1cccc(OCC(=O)Nc2ccc(-c3ccc(N4CCCC4)nn3)cc2)c1C. The van der Waals surface area contributed by atoms with Crippen LogP contribution in [-0.4, -0.2) is 35.8 Å². The molecule has 0 unspecified atom stereocenters. The van der Waals surface area contributed by atoms with E-state index in [0.717, 1.165) is 52.7 Å². The quantitative estimate of drug-likeness (QED) is 0.663. The maximum atomic E-state index is 12.2. The average Bonchev–Trinajstić information content (AvgIpc) is 3.30. The van der Waals surface area contributed by atoms with Crippen molar-refractivity contribution in [2.45, 2.75) is 26.7 Å². The maximum absolute atomic E-state index is 12.2. The summed E-state index contributed by atoms with van der Waals surface area (Å²) in [5, 5.41) is 11.6. The summed E-state index contributed by atoms with van der Waals surface area (Å²) in [6.07, 6.45) is 2.43. The van der Waals surface area contributed by atoms with E-state index in [1.54, 1.807) is 0 Å². The summed E-state index contributed by atoms with van der Waals surface area (Å²) < 4.78 is 5.66. The third-order valence-corrected chi connectivity index (χ3v) is 5.46. The van der Waals surface area contributed by atoms with E-state index >= 15 is 0 Å². The summed E-state index contributed by atoms with van der Waals surface area (Å²) in [6.45, 7) is 6.08. The van der Waals surface area contributed by atoms with E-state index in [1.165, 1.54) is 12.8 Å². The minimum absolute atomic E-state index is 0.0323. The van der Waals surface area contributed by atoms with Crippen LogP contribution in [0.1, 0.15) is 24.0 Å². The lowest BCUT2D eigenvalue weighted by Crippen LogP contribution is -2.20. The Morgan fingerprint density at radius 3 is 2.47 bits per heavy atom. The fraction of sp³-hybridized carbons (Fsp3) is 0.292. The first-order valence-corrected chi connectivity index (χ1v) is 10.3. The summed E-state index contributed by atoms with van der Waals surface area (Å²) in [5.74, 6) is 1.47. The highest BCUT2D eigenvalue weighted by atomic mass is 16.5. The molecule has 1 aromatic heterocycles. The molecular weight excluding hydrogens is 376 g/mol. The molecule has 1 saturated heterocycles. The molecule has 0 saturated carbocycles. The van der Waals surface area contributed by atoms with Crippen molar-refractivity contribution in [2.24, 2.45) is 0 Å². The van der Waals surface area contributed by atoms with E-state index in [1.807, 2.05) is 68.4 Å². The van der Waals surface area contributed by atoms with Gasteiger partial charge in [-0.25, -0.2) is 0 Å². The van der Waals surface area contributed by atoms with Gasteiger partial charge >= 0.3 is 0 Å². The van der Waals surface area contributed by atoms with Gasteiger partial charge < -0.3 is 15.0 Å². The Hall–Kier alpha value is -3.41. The van der Waals surface area contributed by atoms with Crippen LogP contribution in [0.2, 0.25) is 0 Å². The fourth-order valence-corrected chi connectivity index (χ4v) is 3.54. The Balaban J connectivity index is 1.34. The second kappa shape index (κ2) is 8.95. The number of nitrogens with one attached hydrogen (secondary N) is 1. The number of amides is 1. The number of hydrogen-bond acceptors (Lipinski definition) is 5. The van der Waals surface area contributed by atoms with Gasteiger partial charge in [-0.2, -0.15) is 0 Å². The van der Waals surface area contributed by atoms with E-state index in [9.17, 15) is 4.79 Å². The second-order valence-corrected chi connectivity index (χ2v) is 7.58. The molecule has 0 bridgehead atoms. The van der Waals surface area contributed by atoms with Crippen LogP contribution in [0.15, 0.2) is 54.6 Å². The summed E-state index contributed by atoms with van der Waals surface area (Å²) in [5.41, 5.74) is 4.68. The van der Waals surface area contributed by atoms with Crippen LogP contribution in [0.3, 0.4) is 0 Å². The summed E-state index contributed by atoms with van der Waals surface area (Å²) in [4.78, 5) is 14.5. The van der Waals surface area contributed by atoms with Gasteiger partial charge in [0.2, 0.25) is 0 Å². The van der Waals surface area contributed by atoms with E-state index in [-0.39, 0.29) is 12.5 Å². The molecule has 3 aromatic rings. The molecule has 0 spiro atoms. The van der Waals surface area contributed by atoms with Crippen molar-refractivity contribution in [1.29, 1.82) is 0 Å². The van der Waals surface area contributed by atoms with Crippen molar-refractivity contribution in [3.05, 3.63) is 65.7 Å². The fourth-order valence-electron chi connectivity index (χ4n) is 3.54. The monoisotopic (exact) mass is 402 g/mol. The summed E-state index contributed by atoms with van der Waals surface area (Å²) in [6, 6.07) is 17.4. The standard InChI is InChI=1S/C24H26N4O2/c1-17-6-5-7-22(18(17)2)30-16-24(29)25-20-10-8-19(9-11-20)21-12-13-23(27-26-21)28-14-3-4-15-28/h5-13H,3-4,14-16H2,1-2H3,(H,25,29). The Morgan fingerprint density at radius 1 is 1.00 bits per heavy atom. The van der Waals surface area contributed by atoms with Gasteiger partial charge in [-0.3, -0.25) is 4.79 Å². The number of ether oxygens (including phenoxy) is 1. The number of aryl methyl sites for hydroxylation is 1. The van der Waals surface area contributed by atoms with E-state index in [4.69, 9.17) is 4.74 Å². The largest absolute Gasteiger partial charge is 0.483 e. The van der Waals surface area contributed by atoms with Crippen LogP contribution in [-0.2, 0) is 4.79 Å². The molecule has 154 valence electrons. The molecule has 6 nitrogen and oxygen atoms in total. The molecule has 2 aromatic carbocycles. The third-order valence-electron chi connectivity index (χ3n) is 5.46. The number of aromatic nitrogens is 2. The van der Waals surface area contributed by atoms with Gasteiger partial charge in [-0.1, -0.05) is 24.3 Å². The van der Waals surface area contributed by atoms with E-state index < -0.39 is 0 Å². The minimum atomic E-state index is -0.196. The van der Waals surface area contributed by atoms with Crippen molar-refractivity contribution < 1.29 is 9.53 Å². The van der Waals surface area contributed by atoms with Crippen LogP contribution < -0.4 is 15.0 Å². The highest BCUT2D eigenvalue weighted by molar-refractivity contribution is 5.92.